The van der Waals surface area contributed by atoms with E-state index in [1.165, 1.54) is 10.7 Å². The van der Waals surface area contributed by atoms with E-state index in [1.54, 1.807) is 24.3 Å². The van der Waals surface area contributed by atoms with Crippen molar-refractivity contribution in [3.63, 3.8) is 0 Å². The van der Waals surface area contributed by atoms with Crippen molar-refractivity contribution in [3.8, 4) is 0 Å². The van der Waals surface area contributed by atoms with E-state index in [4.69, 9.17) is 4.18 Å². The van der Waals surface area contributed by atoms with Crippen molar-refractivity contribution in [2.24, 2.45) is 0 Å². The van der Waals surface area contributed by atoms with Crippen molar-refractivity contribution >= 4 is 39.2 Å². The molecule has 3 nitrogen and oxygen atoms in total. The van der Waals surface area contributed by atoms with Crippen molar-refractivity contribution in [2.75, 3.05) is 6.61 Å². The Morgan fingerprint density at radius 1 is 0.625 bits per heavy atom. The molecule has 162 valence electrons. The maximum atomic E-state index is 12.8. The van der Waals surface area contributed by atoms with Crippen molar-refractivity contribution in [3.05, 3.63) is 121 Å². The Labute approximate surface area is 194 Å². The molecular weight excluding hydrogens is 523 g/mol. The summed E-state index contributed by atoms with van der Waals surface area (Å²) >= 11 is -3.53. The molecule has 32 heavy (non-hydrogen) atoms. The van der Waals surface area contributed by atoms with Gasteiger partial charge >= 0.3 is 196 Å². The molecule has 0 heterocycles. The summed E-state index contributed by atoms with van der Waals surface area (Å²) in [6.07, 6.45) is 0. The summed E-state index contributed by atoms with van der Waals surface area (Å²) in [4.78, 5) is 0.197. The van der Waals surface area contributed by atoms with E-state index in [9.17, 15) is 8.42 Å². The Hall–Kier alpha value is -2.41. The molecule has 4 rings (SSSR count). The number of rotatable bonds is 8. The maximum absolute atomic E-state index is 12.8. The van der Waals surface area contributed by atoms with Crippen LogP contribution in [-0.4, -0.2) is 33.4 Å². The van der Waals surface area contributed by atoms with Gasteiger partial charge in [0.2, 0.25) is 0 Å². The summed E-state index contributed by atoms with van der Waals surface area (Å²) < 4.78 is 35.9. The molecule has 0 spiro atoms. The van der Waals surface area contributed by atoms with Gasteiger partial charge < -0.3 is 0 Å². The van der Waals surface area contributed by atoms with Gasteiger partial charge in [-0.3, -0.25) is 0 Å². The number of hydrogen-bond acceptors (Lipinski definition) is 3. The van der Waals surface area contributed by atoms with E-state index < -0.39 is 28.5 Å². The Morgan fingerprint density at radius 2 is 1.03 bits per heavy atom. The van der Waals surface area contributed by atoms with E-state index >= 15 is 0 Å². The molecule has 0 N–H and O–H groups in total. The zero-order valence-electron chi connectivity index (χ0n) is 18.0. The molecule has 0 bridgehead atoms. The van der Waals surface area contributed by atoms with Crippen LogP contribution in [0.25, 0.3) is 0 Å². The third-order valence-electron chi connectivity index (χ3n) is 5.82. The molecule has 4 aromatic rings. The van der Waals surface area contributed by atoms with Crippen LogP contribution < -0.4 is 10.7 Å². The molecule has 0 amide bonds. The SMILES string of the molecule is Cc1ccc(S(=O)(=O)OC[CH2][Sn]([c]2ccccc2)([c]2ccccc2)[c]2ccccc2)cc1. The second-order valence-corrected chi connectivity index (χ2v) is 21.0. The minimum absolute atomic E-state index is 0.144. The molecule has 0 aliphatic heterocycles. The van der Waals surface area contributed by atoms with Crippen LogP contribution in [0, 0.1) is 6.92 Å². The van der Waals surface area contributed by atoms with E-state index in [2.05, 4.69) is 72.8 Å². The molecule has 0 aromatic heterocycles. The Kier molecular flexibility index (Phi) is 7.13. The Bertz CT molecular complexity index is 1140. The summed E-state index contributed by atoms with van der Waals surface area (Å²) in [5.41, 5.74) is 1.01. The fourth-order valence-electron chi connectivity index (χ4n) is 4.18. The second kappa shape index (κ2) is 10.0. The first-order chi connectivity index (χ1) is 15.5. The van der Waals surface area contributed by atoms with Crippen LogP contribution in [0.15, 0.2) is 120 Å². The van der Waals surface area contributed by atoms with Gasteiger partial charge in [-0.1, -0.05) is 0 Å². The van der Waals surface area contributed by atoms with E-state index in [0.29, 0.717) is 4.44 Å². The molecular formula is C27H26O3SSn. The number of aryl methyl sites for hydroxylation is 1. The van der Waals surface area contributed by atoms with Crippen LogP contribution >= 0.6 is 0 Å². The fraction of sp³-hybridized carbons (Fsp3) is 0.111. The third kappa shape index (κ3) is 4.82. The first kappa shape index (κ1) is 22.8. The van der Waals surface area contributed by atoms with Gasteiger partial charge in [0, 0.05) is 0 Å². The van der Waals surface area contributed by atoms with Crippen LogP contribution in [0.1, 0.15) is 5.56 Å². The monoisotopic (exact) mass is 550 g/mol. The second-order valence-electron chi connectivity index (χ2n) is 7.84. The van der Waals surface area contributed by atoms with Gasteiger partial charge in [-0.05, 0) is 0 Å². The molecule has 4 aromatic carbocycles. The topological polar surface area (TPSA) is 43.4 Å². The van der Waals surface area contributed by atoms with Gasteiger partial charge in [0.05, 0.1) is 0 Å². The first-order valence-electron chi connectivity index (χ1n) is 10.6. The molecule has 0 unspecified atom stereocenters. The summed E-state index contributed by atoms with van der Waals surface area (Å²) in [5.74, 6) is 0. The van der Waals surface area contributed by atoms with Crippen LogP contribution in [0.2, 0.25) is 4.44 Å². The normalized spacial score (nSPS) is 11.9. The molecule has 0 saturated carbocycles. The van der Waals surface area contributed by atoms with E-state index in [0.717, 1.165) is 5.56 Å². The molecule has 0 radical (unpaired) electrons. The van der Waals surface area contributed by atoms with Crippen LogP contribution in [0.5, 0.6) is 0 Å². The summed E-state index contributed by atoms with van der Waals surface area (Å²) in [5, 5.41) is 0. The van der Waals surface area contributed by atoms with Gasteiger partial charge in [0.25, 0.3) is 0 Å². The van der Waals surface area contributed by atoms with Crippen molar-refractivity contribution in [1.29, 1.82) is 0 Å². The minimum atomic E-state index is -3.81. The average Bonchev–Trinajstić information content (AvgIpc) is 2.84. The molecule has 0 fully saturated rings. The number of hydrogen-bond donors (Lipinski definition) is 0. The predicted octanol–water partition coefficient (Wildman–Crippen LogP) is 3.87. The van der Waals surface area contributed by atoms with Crippen molar-refractivity contribution in [1.82, 2.24) is 0 Å². The van der Waals surface area contributed by atoms with E-state index in [-0.39, 0.29) is 11.5 Å². The van der Waals surface area contributed by atoms with Gasteiger partial charge in [-0.15, -0.1) is 0 Å². The zero-order chi connectivity index (χ0) is 22.4. The first-order valence-corrected chi connectivity index (χ1v) is 18.4. The van der Waals surface area contributed by atoms with E-state index in [1.807, 2.05) is 25.1 Å². The molecule has 0 aliphatic carbocycles. The standard InChI is InChI=1S/C9H11O3S.3C6H5.Sn/c1-3-12-13(10,11)9-6-4-8(2)5-7-9;3*1-2-4-6-5-3-1;/h4-7H,1,3H2,2H3;3*1-5H;. The zero-order valence-corrected chi connectivity index (χ0v) is 21.7. The molecule has 0 aliphatic rings. The van der Waals surface area contributed by atoms with Crippen molar-refractivity contribution < 1.29 is 12.6 Å². The van der Waals surface area contributed by atoms with Crippen molar-refractivity contribution in [2.45, 2.75) is 16.3 Å². The summed E-state index contributed by atoms with van der Waals surface area (Å²) in [6, 6.07) is 38.4. The average molecular weight is 549 g/mol. The van der Waals surface area contributed by atoms with Gasteiger partial charge in [0.1, 0.15) is 0 Å². The molecule has 5 heteroatoms. The van der Waals surface area contributed by atoms with Crippen LogP contribution in [-0.2, 0) is 14.3 Å². The predicted molar refractivity (Wildman–Crippen MR) is 133 cm³/mol. The van der Waals surface area contributed by atoms with Crippen LogP contribution in [0.4, 0.5) is 0 Å². The van der Waals surface area contributed by atoms with Gasteiger partial charge in [0.15, 0.2) is 0 Å². The Morgan fingerprint density at radius 3 is 1.44 bits per heavy atom. The summed E-state index contributed by atoms with van der Waals surface area (Å²) in [7, 11) is -3.81. The molecule has 0 atom stereocenters. The number of benzene rings is 4. The third-order valence-corrected chi connectivity index (χ3v) is 21.2. The quantitative estimate of drug-likeness (QED) is 0.248. The van der Waals surface area contributed by atoms with Gasteiger partial charge in [-0.2, -0.15) is 0 Å². The summed E-state index contributed by atoms with van der Waals surface area (Å²) in [6.45, 7) is 2.07. The fourth-order valence-corrected chi connectivity index (χ4v) is 18.5. The Balaban J connectivity index is 1.74. The van der Waals surface area contributed by atoms with Crippen LogP contribution in [0.3, 0.4) is 0 Å². The molecule has 0 saturated heterocycles. The van der Waals surface area contributed by atoms with Gasteiger partial charge in [-0.25, -0.2) is 0 Å².